The van der Waals surface area contributed by atoms with Crippen molar-refractivity contribution >= 4 is 39.7 Å². The van der Waals surface area contributed by atoms with Gasteiger partial charge in [0.05, 0.1) is 30.5 Å². The lowest BCUT2D eigenvalue weighted by molar-refractivity contribution is -0.384. The predicted octanol–water partition coefficient (Wildman–Crippen LogP) is 6.20. The molecule has 0 radical (unpaired) electrons. The quantitative estimate of drug-likeness (QED) is 0.196. The fraction of sp³-hybridized carbons (Fsp3) is 0.160. The Morgan fingerprint density at radius 2 is 1.74 bits per heavy atom. The molecule has 7 nitrogen and oxygen atoms in total. The van der Waals surface area contributed by atoms with E-state index in [1.807, 2.05) is 60.0 Å². The highest BCUT2D eigenvalue weighted by atomic mass is 79.9. The van der Waals surface area contributed by atoms with Gasteiger partial charge in [-0.25, -0.2) is 4.99 Å². The lowest BCUT2D eigenvalue weighted by Crippen LogP contribution is -2.17. The topological polar surface area (TPSA) is 78.9 Å². The molecule has 0 unspecified atom stereocenters. The molecule has 0 aliphatic heterocycles. The van der Waals surface area contributed by atoms with Crippen molar-refractivity contribution in [2.24, 2.45) is 4.99 Å². The number of non-ortho nitro benzene ring substituents is 1. The van der Waals surface area contributed by atoms with Crippen molar-refractivity contribution in [3.8, 4) is 22.8 Å². The molecule has 34 heavy (non-hydrogen) atoms. The van der Waals surface area contributed by atoms with Gasteiger partial charge in [-0.05, 0) is 36.2 Å². The second-order valence-corrected chi connectivity index (χ2v) is 8.09. The molecule has 0 aliphatic carbocycles. The number of para-hydroxylation sites is 1. The van der Waals surface area contributed by atoms with Gasteiger partial charge >= 0.3 is 0 Å². The smallest absolute Gasteiger partial charge is 0.270 e. The summed E-state index contributed by atoms with van der Waals surface area (Å²) in [5, 5.41) is 13.3. The highest BCUT2D eigenvalue weighted by molar-refractivity contribution is 8.93. The molecule has 1 heterocycles. The maximum atomic E-state index is 11.3. The van der Waals surface area contributed by atoms with E-state index in [1.54, 1.807) is 26.4 Å². The number of halogens is 1. The Labute approximate surface area is 211 Å². The van der Waals surface area contributed by atoms with Gasteiger partial charge in [0, 0.05) is 29.6 Å². The van der Waals surface area contributed by atoms with E-state index in [2.05, 4.69) is 4.57 Å². The van der Waals surface area contributed by atoms with Crippen molar-refractivity contribution in [2.75, 3.05) is 14.2 Å². The summed E-state index contributed by atoms with van der Waals surface area (Å²) in [4.78, 5) is 16.6. The second-order valence-electron chi connectivity index (χ2n) is 7.25. The van der Waals surface area contributed by atoms with Crippen LogP contribution in [0.15, 0.2) is 83.2 Å². The van der Waals surface area contributed by atoms with Crippen molar-refractivity contribution in [2.45, 2.75) is 13.0 Å². The zero-order chi connectivity index (χ0) is 23.2. The Hall–Kier alpha value is -3.43. The molecule has 1 aromatic heterocycles. The predicted molar refractivity (Wildman–Crippen MR) is 140 cm³/mol. The van der Waals surface area contributed by atoms with Crippen molar-refractivity contribution < 1.29 is 14.4 Å². The molecule has 0 fully saturated rings. The maximum absolute atomic E-state index is 11.3. The first-order chi connectivity index (χ1) is 16.1. The number of nitro groups is 1. The van der Waals surface area contributed by atoms with Crippen molar-refractivity contribution in [1.29, 1.82) is 0 Å². The van der Waals surface area contributed by atoms with E-state index in [4.69, 9.17) is 14.5 Å². The van der Waals surface area contributed by atoms with Crippen LogP contribution in [-0.4, -0.2) is 23.7 Å². The van der Waals surface area contributed by atoms with Crippen LogP contribution in [0.25, 0.3) is 11.3 Å². The average Bonchev–Trinajstić information content (AvgIpc) is 3.25. The van der Waals surface area contributed by atoms with E-state index in [0.717, 1.165) is 33.7 Å². The third-order valence-electron chi connectivity index (χ3n) is 5.20. The number of benzene rings is 3. The molecule has 0 aliphatic rings. The molecule has 0 N–H and O–H groups in total. The number of ether oxygens (including phenoxy) is 2. The minimum Gasteiger partial charge on any atom is -0.493 e. The van der Waals surface area contributed by atoms with E-state index in [9.17, 15) is 10.1 Å². The number of methoxy groups -OCH3 is 2. The number of hydrogen-bond donors (Lipinski definition) is 0. The highest BCUT2D eigenvalue weighted by Gasteiger charge is 2.13. The first-order valence-electron chi connectivity index (χ1n) is 10.3. The van der Waals surface area contributed by atoms with E-state index in [-0.39, 0.29) is 27.6 Å². The summed E-state index contributed by atoms with van der Waals surface area (Å²) < 4.78 is 12.9. The number of thiazole rings is 1. The van der Waals surface area contributed by atoms with E-state index in [0.29, 0.717) is 18.0 Å². The molecule has 9 heteroatoms. The molecule has 4 rings (SSSR count). The molecule has 0 atom stereocenters. The molecular formula is C25H24BrN3O4S. The SMILES string of the molecule is Br.COc1ccc(CCn2c(-c3cccc([N+](=O)[O-])c3)csc2=Nc2ccccc2)cc1OC. The number of nitrogens with zero attached hydrogens (tertiary/aromatic N) is 3. The number of aromatic nitrogens is 1. The lowest BCUT2D eigenvalue weighted by Gasteiger charge is -2.12. The summed E-state index contributed by atoms with van der Waals surface area (Å²) in [6.45, 7) is 0.642. The number of hydrogen-bond acceptors (Lipinski definition) is 6. The summed E-state index contributed by atoms with van der Waals surface area (Å²) >= 11 is 1.51. The van der Waals surface area contributed by atoms with E-state index < -0.39 is 0 Å². The van der Waals surface area contributed by atoms with Crippen molar-refractivity contribution in [3.63, 3.8) is 0 Å². The minimum absolute atomic E-state index is 0. The van der Waals surface area contributed by atoms with E-state index in [1.165, 1.54) is 17.4 Å². The number of nitro benzene ring substituents is 1. The fourth-order valence-corrected chi connectivity index (χ4v) is 4.49. The lowest BCUT2D eigenvalue weighted by atomic mass is 10.1. The Morgan fingerprint density at radius 3 is 2.44 bits per heavy atom. The van der Waals surface area contributed by atoms with Crippen LogP contribution >= 0.6 is 28.3 Å². The molecule has 4 aromatic rings. The van der Waals surface area contributed by atoms with Crippen LogP contribution in [0.1, 0.15) is 5.56 Å². The molecule has 0 spiro atoms. The van der Waals surface area contributed by atoms with Gasteiger partial charge in [0.25, 0.3) is 5.69 Å². The zero-order valence-corrected chi connectivity index (χ0v) is 21.2. The normalized spacial score (nSPS) is 11.1. The largest absolute Gasteiger partial charge is 0.493 e. The summed E-state index contributed by atoms with van der Waals surface area (Å²) in [6.07, 6.45) is 0.723. The first kappa shape index (κ1) is 25.2. The zero-order valence-electron chi connectivity index (χ0n) is 18.7. The van der Waals surface area contributed by atoms with Crippen LogP contribution in [0.3, 0.4) is 0 Å². The standard InChI is InChI=1S/C25H23N3O4S.BrH/c1-31-23-12-11-18(15-24(23)32-2)13-14-27-22(19-7-6-10-21(16-19)28(29)30)17-33-25(27)26-20-8-4-3-5-9-20;/h3-12,15-17H,13-14H2,1-2H3;1H. The van der Waals surface area contributed by atoms with Gasteiger partial charge in [-0.2, -0.15) is 0 Å². The Balaban J connectivity index is 0.00000324. The van der Waals surface area contributed by atoms with Crippen LogP contribution in [0.5, 0.6) is 11.5 Å². The Bertz CT molecular complexity index is 1340. The van der Waals surface area contributed by atoms with Crippen molar-refractivity contribution in [3.05, 3.63) is 98.7 Å². The van der Waals surface area contributed by atoms with Crippen LogP contribution in [-0.2, 0) is 13.0 Å². The Kier molecular flexibility index (Phi) is 8.61. The summed E-state index contributed by atoms with van der Waals surface area (Å²) in [6, 6.07) is 22.3. The fourth-order valence-electron chi connectivity index (χ4n) is 3.53. The van der Waals surface area contributed by atoms with Crippen LogP contribution in [0, 0.1) is 10.1 Å². The molecule has 0 bridgehead atoms. The average molecular weight is 542 g/mol. The molecular weight excluding hydrogens is 518 g/mol. The van der Waals surface area contributed by atoms with Crippen LogP contribution in [0.2, 0.25) is 0 Å². The summed E-state index contributed by atoms with van der Waals surface area (Å²) in [5.74, 6) is 1.36. The first-order valence-corrected chi connectivity index (χ1v) is 11.2. The van der Waals surface area contributed by atoms with Crippen molar-refractivity contribution in [1.82, 2.24) is 4.57 Å². The Morgan fingerprint density at radius 1 is 0.971 bits per heavy atom. The molecule has 0 saturated carbocycles. The highest BCUT2D eigenvalue weighted by Crippen LogP contribution is 2.29. The minimum atomic E-state index is -0.376. The van der Waals surface area contributed by atoms with E-state index >= 15 is 0 Å². The molecule has 3 aromatic carbocycles. The monoisotopic (exact) mass is 541 g/mol. The van der Waals surface area contributed by atoms with Gasteiger partial charge in [-0.3, -0.25) is 10.1 Å². The van der Waals surface area contributed by atoms with Gasteiger partial charge < -0.3 is 14.0 Å². The van der Waals surface area contributed by atoms with Gasteiger partial charge in [0.1, 0.15) is 0 Å². The van der Waals surface area contributed by atoms with Gasteiger partial charge in [0.15, 0.2) is 16.3 Å². The number of aryl methyl sites for hydroxylation is 1. The maximum Gasteiger partial charge on any atom is 0.270 e. The molecule has 0 amide bonds. The summed E-state index contributed by atoms with van der Waals surface area (Å²) in [5.41, 5.74) is 3.67. The van der Waals surface area contributed by atoms with Gasteiger partial charge in [0.2, 0.25) is 0 Å². The van der Waals surface area contributed by atoms with Gasteiger partial charge in [-0.1, -0.05) is 36.4 Å². The number of rotatable bonds is 8. The molecule has 176 valence electrons. The van der Waals surface area contributed by atoms with Crippen LogP contribution in [0.4, 0.5) is 11.4 Å². The third kappa shape index (κ3) is 5.73. The third-order valence-corrected chi connectivity index (χ3v) is 6.07. The second kappa shape index (κ2) is 11.6. The summed E-state index contributed by atoms with van der Waals surface area (Å²) in [7, 11) is 3.23. The van der Waals surface area contributed by atoms with Crippen LogP contribution < -0.4 is 14.3 Å². The van der Waals surface area contributed by atoms with Gasteiger partial charge in [-0.15, -0.1) is 28.3 Å². The molecule has 0 saturated heterocycles.